The summed E-state index contributed by atoms with van der Waals surface area (Å²) in [5.41, 5.74) is 0. The molecule has 64 valence electrons. The van der Waals surface area contributed by atoms with Crippen LogP contribution in [0, 0.1) is 0 Å². The lowest BCUT2D eigenvalue weighted by molar-refractivity contribution is 0.167. The van der Waals surface area contributed by atoms with E-state index in [1.807, 2.05) is 0 Å². The number of rotatable bonds is 2. The fraction of sp³-hybridized carbons (Fsp3) is 0.333. The Bertz CT molecular complexity index is 251. The van der Waals surface area contributed by atoms with Gasteiger partial charge in [0, 0.05) is 0 Å². The number of carbonyl (C=O) groups excluding carboxylic acids is 1. The summed E-state index contributed by atoms with van der Waals surface area (Å²) in [7, 11) is 0. The van der Waals surface area contributed by atoms with Crippen molar-refractivity contribution >= 4 is 12.0 Å². The van der Waals surface area contributed by atoms with Gasteiger partial charge in [0.2, 0.25) is 5.95 Å². The summed E-state index contributed by atoms with van der Waals surface area (Å²) in [4.78, 5) is 21.7. The highest BCUT2D eigenvalue weighted by atomic mass is 16.5. The van der Waals surface area contributed by atoms with E-state index in [4.69, 9.17) is 0 Å². The predicted molar refractivity (Wildman–Crippen MR) is 40.5 cm³/mol. The average molecular weight is 168 g/mol. The zero-order valence-electron chi connectivity index (χ0n) is 6.52. The maximum Gasteiger partial charge on any atom is 0.414 e. The number of amides is 1. The molecule has 1 aromatic heterocycles. The molecule has 1 aromatic rings. The van der Waals surface area contributed by atoms with Crippen LogP contribution in [0.4, 0.5) is 10.7 Å². The monoisotopic (exact) mass is 168 g/mol. The molecule has 1 N–H and O–H groups in total. The Morgan fingerprint density at radius 1 is 1.58 bits per heavy atom. The number of aromatic nitrogens is 3. The van der Waals surface area contributed by atoms with Crippen molar-refractivity contribution in [3.63, 3.8) is 0 Å². The van der Waals surface area contributed by atoms with E-state index in [1.165, 1.54) is 12.7 Å². The smallest absolute Gasteiger partial charge is 0.414 e. The molecule has 1 heterocycles. The molecule has 0 bridgehead atoms. The lowest BCUT2D eigenvalue weighted by Gasteiger charge is -2.01. The van der Waals surface area contributed by atoms with Crippen LogP contribution in [-0.2, 0) is 4.74 Å². The van der Waals surface area contributed by atoms with E-state index in [-0.39, 0.29) is 5.95 Å². The van der Waals surface area contributed by atoms with E-state index in [2.05, 4.69) is 25.0 Å². The summed E-state index contributed by atoms with van der Waals surface area (Å²) in [6, 6.07) is 0. The molecule has 0 aromatic carbocycles. The molecule has 0 fully saturated rings. The quantitative estimate of drug-likeness (QED) is 0.693. The van der Waals surface area contributed by atoms with Gasteiger partial charge in [0.05, 0.1) is 6.61 Å². The predicted octanol–water partition coefficient (Wildman–Crippen LogP) is 0.440. The van der Waals surface area contributed by atoms with Crippen LogP contribution in [0.5, 0.6) is 0 Å². The van der Waals surface area contributed by atoms with E-state index in [0.29, 0.717) is 6.61 Å². The maximum atomic E-state index is 10.8. The summed E-state index contributed by atoms with van der Waals surface area (Å²) >= 11 is 0. The Labute approximate surface area is 69.0 Å². The van der Waals surface area contributed by atoms with Crippen molar-refractivity contribution in [2.75, 3.05) is 11.9 Å². The van der Waals surface area contributed by atoms with Crippen LogP contribution in [0.25, 0.3) is 0 Å². The SMILES string of the molecule is CCOC(=O)Nc1ncncn1. The molecule has 0 unspecified atom stereocenters. The van der Waals surface area contributed by atoms with Gasteiger partial charge in [-0.1, -0.05) is 0 Å². The van der Waals surface area contributed by atoms with Gasteiger partial charge in [-0.25, -0.2) is 19.7 Å². The van der Waals surface area contributed by atoms with Gasteiger partial charge in [-0.15, -0.1) is 0 Å². The normalized spacial score (nSPS) is 9.08. The molecule has 6 heteroatoms. The van der Waals surface area contributed by atoms with Crippen LogP contribution in [0.15, 0.2) is 12.7 Å². The highest BCUT2D eigenvalue weighted by Gasteiger charge is 2.01. The number of anilines is 1. The Balaban J connectivity index is 2.47. The lowest BCUT2D eigenvalue weighted by Crippen LogP contribution is -2.15. The second-order valence-electron chi connectivity index (χ2n) is 1.81. The largest absolute Gasteiger partial charge is 0.450 e. The molecule has 1 rings (SSSR count). The van der Waals surface area contributed by atoms with Gasteiger partial charge in [0.1, 0.15) is 12.7 Å². The van der Waals surface area contributed by atoms with Crippen molar-refractivity contribution in [3.05, 3.63) is 12.7 Å². The Morgan fingerprint density at radius 3 is 2.83 bits per heavy atom. The van der Waals surface area contributed by atoms with Crippen LogP contribution >= 0.6 is 0 Å². The van der Waals surface area contributed by atoms with E-state index in [9.17, 15) is 4.79 Å². The summed E-state index contributed by atoms with van der Waals surface area (Å²) in [5.74, 6) is 0.184. The third kappa shape index (κ3) is 2.49. The Morgan fingerprint density at radius 2 is 2.25 bits per heavy atom. The minimum absolute atomic E-state index is 0.184. The summed E-state index contributed by atoms with van der Waals surface area (Å²) in [6.45, 7) is 2.03. The summed E-state index contributed by atoms with van der Waals surface area (Å²) in [6.07, 6.45) is 2.01. The van der Waals surface area contributed by atoms with E-state index >= 15 is 0 Å². The van der Waals surface area contributed by atoms with Crippen LogP contribution in [0.3, 0.4) is 0 Å². The zero-order chi connectivity index (χ0) is 8.81. The molecule has 6 nitrogen and oxygen atoms in total. The fourth-order valence-electron chi connectivity index (χ4n) is 0.562. The first-order valence-electron chi connectivity index (χ1n) is 3.38. The highest BCUT2D eigenvalue weighted by molar-refractivity contribution is 5.81. The molecule has 0 radical (unpaired) electrons. The standard InChI is InChI=1S/C6H8N4O2/c1-2-12-6(11)10-5-8-3-7-4-9-5/h3-4H,2H2,1H3,(H,7,8,9,10,11). The molecule has 0 saturated heterocycles. The Kier molecular flexibility index (Phi) is 2.95. The molecule has 0 atom stereocenters. The molecular formula is C6H8N4O2. The Hall–Kier alpha value is -1.72. The highest BCUT2D eigenvalue weighted by Crippen LogP contribution is 1.92. The molecule has 0 spiro atoms. The van der Waals surface area contributed by atoms with Crippen molar-refractivity contribution in [3.8, 4) is 0 Å². The summed E-state index contributed by atoms with van der Waals surface area (Å²) in [5, 5.41) is 2.32. The average Bonchev–Trinajstić information content (AvgIpc) is 2.06. The first kappa shape index (κ1) is 8.38. The van der Waals surface area contributed by atoms with Gasteiger partial charge < -0.3 is 4.74 Å². The van der Waals surface area contributed by atoms with Gasteiger partial charge >= 0.3 is 6.09 Å². The van der Waals surface area contributed by atoms with Crippen LogP contribution in [0.1, 0.15) is 6.92 Å². The van der Waals surface area contributed by atoms with Crippen molar-refractivity contribution in [2.24, 2.45) is 0 Å². The topological polar surface area (TPSA) is 77.0 Å². The number of hydrogen-bond donors (Lipinski definition) is 1. The molecule has 0 aliphatic rings. The van der Waals surface area contributed by atoms with Crippen molar-refractivity contribution < 1.29 is 9.53 Å². The molecule has 0 saturated carbocycles. The van der Waals surface area contributed by atoms with Crippen LogP contribution < -0.4 is 5.32 Å². The van der Waals surface area contributed by atoms with Crippen LogP contribution in [0.2, 0.25) is 0 Å². The fourth-order valence-corrected chi connectivity index (χ4v) is 0.562. The van der Waals surface area contributed by atoms with Gasteiger partial charge in [0.25, 0.3) is 0 Å². The number of carbonyl (C=O) groups is 1. The molecule has 12 heavy (non-hydrogen) atoms. The van der Waals surface area contributed by atoms with Gasteiger partial charge in [0.15, 0.2) is 0 Å². The first-order chi connectivity index (χ1) is 5.83. The minimum atomic E-state index is -0.566. The molecule has 0 aliphatic carbocycles. The van der Waals surface area contributed by atoms with Crippen molar-refractivity contribution in [1.82, 2.24) is 15.0 Å². The minimum Gasteiger partial charge on any atom is -0.450 e. The van der Waals surface area contributed by atoms with Gasteiger partial charge in [-0.05, 0) is 6.92 Å². The van der Waals surface area contributed by atoms with Gasteiger partial charge in [-0.2, -0.15) is 0 Å². The van der Waals surface area contributed by atoms with E-state index < -0.39 is 6.09 Å². The number of nitrogens with zero attached hydrogens (tertiary/aromatic N) is 3. The number of hydrogen-bond acceptors (Lipinski definition) is 5. The van der Waals surface area contributed by atoms with Crippen LogP contribution in [-0.4, -0.2) is 27.7 Å². The second-order valence-corrected chi connectivity index (χ2v) is 1.81. The van der Waals surface area contributed by atoms with Crippen molar-refractivity contribution in [2.45, 2.75) is 6.92 Å². The van der Waals surface area contributed by atoms with Gasteiger partial charge in [-0.3, -0.25) is 5.32 Å². The van der Waals surface area contributed by atoms with E-state index in [1.54, 1.807) is 6.92 Å². The maximum absolute atomic E-state index is 10.8. The number of nitrogens with one attached hydrogen (secondary N) is 1. The molecule has 0 aliphatic heterocycles. The zero-order valence-corrected chi connectivity index (χ0v) is 6.52. The lowest BCUT2D eigenvalue weighted by atomic mass is 10.8. The summed E-state index contributed by atoms with van der Waals surface area (Å²) < 4.78 is 4.60. The second kappa shape index (κ2) is 4.22. The number of ether oxygens (including phenoxy) is 1. The third-order valence-electron chi connectivity index (χ3n) is 0.983. The first-order valence-corrected chi connectivity index (χ1v) is 3.38. The van der Waals surface area contributed by atoms with E-state index in [0.717, 1.165) is 0 Å². The molecule has 1 amide bonds. The third-order valence-corrected chi connectivity index (χ3v) is 0.983. The van der Waals surface area contributed by atoms with Crippen molar-refractivity contribution in [1.29, 1.82) is 0 Å². The molecular weight excluding hydrogens is 160 g/mol.